The second kappa shape index (κ2) is 9.79. The number of anilines is 1. The fourth-order valence-corrected chi connectivity index (χ4v) is 3.79. The normalized spacial score (nSPS) is 16.3. The number of nitrogen functional groups attached to an aromatic ring is 1. The lowest BCUT2D eigenvalue weighted by Crippen LogP contribution is -2.50. The Labute approximate surface area is 178 Å². The number of fused-ring (bicyclic) bond motifs is 1. The largest absolute Gasteiger partial charge is 0.399 e. The molecule has 0 radical (unpaired) electrons. The fraction of sp³-hybridized carbons (Fsp3) is 0.391. The van der Waals surface area contributed by atoms with Crippen molar-refractivity contribution in [3.05, 3.63) is 64.7 Å². The van der Waals surface area contributed by atoms with Gasteiger partial charge in [0, 0.05) is 11.3 Å². The zero-order valence-electron chi connectivity index (χ0n) is 17.2. The van der Waals surface area contributed by atoms with E-state index in [9.17, 15) is 9.59 Å². The van der Waals surface area contributed by atoms with Crippen LogP contribution in [0.15, 0.2) is 42.5 Å². The summed E-state index contributed by atoms with van der Waals surface area (Å²) < 4.78 is 0. The predicted molar refractivity (Wildman–Crippen MR) is 119 cm³/mol. The van der Waals surface area contributed by atoms with Crippen LogP contribution in [0.3, 0.4) is 0 Å². The lowest BCUT2D eigenvalue weighted by Gasteiger charge is -2.29. The van der Waals surface area contributed by atoms with Crippen LogP contribution in [0.5, 0.6) is 0 Å². The topological polar surface area (TPSA) is 84.2 Å². The van der Waals surface area contributed by atoms with Crippen molar-refractivity contribution in [1.29, 1.82) is 0 Å². The van der Waals surface area contributed by atoms with E-state index in [-0.39, 0.29) is 36.2 Å². The first-order valence-electron chi connectivity index (χ1n) is 9.91. The van der Waals surface area contributed by atoms with Crippen LogP contribution in [-0.4, -0.2) is 17.9 Å². The summed E-state index contributed by atoms with van der Waals surface area (Å²) in [5.74, 6) is -0.400. The zero-order valence-corrected chi connectivity index (χ0v) is 18.0. The number of carbonyl (C=O) groups excluding carboxylic acids is 2. The molecule has 0 aliphatic heterocycles. The number of benzene rings is 2. The van der Waals surface area contributed by atoms with E-state index < -0.39 is 6.04 Å². The molecule has 6 heteroatoms. The van der Waals surface area contributed by atoms with Crippen LogP contribution in [0.1, 0.15) is 59.8 Å². The molecular formula is C23H30ClN3O2. The average Bonchev–Trinajstić information content (AvgIpc) is 2.65. The van der Waals surface area contributed by atoms with E-state index in [1.54, 1.807) is 6.07 Å². The number of carbonyl (C=O) groups is 2. The monoisotopic (exact) mass is 415 g/mol. The van der Waals surface area contributed by atoms with Crippen molar-refractivity contribution < 1.29 is 9.59 Å². The van der Waals surface area contributed by atoms with Crippen LogP contribution in [0.4, 0.5) is 5.69 Å². The molecule has 2 aromatic rings. The average molecular weight is 416 g/mol. The van der Waals surface area contributed by atoms with Crippen LogP contribution in [0, 0.1) is 12.8 Å². The number of hydrogen-bond acceptors (Lipinski definition) is 3. The van der Waals surface area contributed by atoms with Gasteiger partial charge >= 0.3 is 0 Å². The molecule has 2 aromatic carbocycles. The van der Waals surface area contributed by atoms with Gasteiger partial charge in [-0.1, -0.05) is 37.6 Å². The molecule has 0 aromatic heterocycles. The first kappa shape index (κ1) is 22.8. The summed E-state index contributed by atoms with van der Waals surface area (Å²) in [7, 11) is 0. The third kappa shape index (κ3) is 5.51. The molecule has 4 N–H and O–H groups in total. The molecule has 29 heavy (non-hydrogen) atoms. The number of nitrogens with one attached hydrogen (secondary N) is 2. The highest BCUT2D eigenvalue weighted by molar-refractivity contribution is 5.97. The number of nitrogens with two attached hydrogens (primary N) is 1. The van der Waals surface area contributed by atoms with Crippen molar-refractivity contribution >= 4 is 29.9 Å². The van der Waals surface area contributed by atoms with E-state index >= 15 is 0 Å². The summed E-state index contributed by atoms with van der Waals surface area (Å²) in [6.45, 7) is 5.82. The fourth-order valence-electron chi connectivity index (χ4n) is 3.79. The molecule has 156 valence electrons. The third-order valence-electron chi connectivity index (χ3n) is 5.31. The van der Waals surface area contributed by atoms with Crippen LogP contribution >= 0.6 is 12.4 Å². The van der Waals surface area contributed by atoms with E-state index in [0.717, 1.165) is 36.1 Å². The van der Waals surface area contributed by atoms with Crippen LogP contribution < -0.4 is 16.4 Å². The molecule has 0 heterocycles. The van der Waals surface area contributed by atoms with Crippen molar-refractivity contribution in [3.8, 4) is 0 Å². The molecule has 2 unspecified atom stereocenters. The smallest absolute Gasteiger partial charge is 0.251 e. The number of amides is 2. The van der Waals surface area contributed by atoms with Crippen molar-refractivity contribution in [2.75, 3.05) is 5.73 Å². The zero-order chi connectivity index (χ0) is 20.3. The Morgan fingerprint density at radius 2 is 1.90 bits per heavy atom. The highest BCUT2D eigenvalue weighted by atomic mass is 35.5. The van der Waals surface area contributed by atoms with Gasteiger partial charge in [0.2, 0.25) is 5.91 Å². The minimum atomic E-state index is -0.591. The van der Waals surface area contributed by atoms with Crippen molar-refractivity contribution in [2.45, 2.75) is 52.1 Å². The Morgan fingerprint density at radius 1 is 1.14 bits per heavy atom. The molecule has 0 bridgehead atoms. The molecule has 5 nitrogen and oxygen atoms in total. The number of rotatable bonds is 5. The Morgan fingerprint density at radius 3 is 2.59 bits per heavy atom. The van der Waals surface area contributed by atoms with Crippen LogP contribution in [0.2, 0.25) is 0 Å². The highest BCUT2D eigenvalue weighted by Gasteiger charge is 2.29. The summed E-state index contributed by atoms with van der Waals surface area (Å²) in [6.07, 6.45) is 2.87. The minimum Gasteiger partial charge on any atom is -0.399 e. The molecular weight excluding hydrogens is 386 g/mol. The summed E-state index contributed by atoms with van der Waals surface area (Å²) in [5.41, 5.74) is 10.5. The molecule has 0 saturated carbocycles. The van der Waals surface area contributed by atoms with Crippen molar-refractivity contribution in [2.24, 2.45) is 5.92 Å². The van der Waals surface area contributed by atoms with Gasteiger partial charge < -0.3 is 16.4 Å². The van der Waals surface area contributed by atoms with E-state index in [1.165, 1.54) is 5.56 Å². The molecule has 2 atom stereocenters. The van der Waals surface area contributed by atoms with Gasteiger partial charge in [0.05, 0.1) is 6.04 Å². The summed E-state index contributed by atoms with van der Waals surface area (Å²) in [5, 5.41) is 6.06. The second-order valence-electron chi connectivity index (χ2n) is 7.98. The number of halogens is 1. The van der Waals surface area contributed by atoms with Crippen molar-refractivity contribution in [3.63, 3.8) is 0 Å². The highest BCUT2D eigenvalue weighted by Crippen LogP contribution is 2.31. The standard InChI is InChI=1S/C23H29N3O2.ClH/c1-14(2)21(26-22(27)17-8-4-6-15(3)12-17)23(28)25-20-9-5-7-16-13-18(24)10-11-19(16)20;/h4,6,8,10-14,20-21H,5,7,9,24H2,1-3H3,(H,25,28)(H,26,27);1H. The van der Waals surface area contributed by atoms with Gasteiger partial charge in [-0.05, 0) is 67.5 Å². The minimum absolute atomic E-state index is 0. The summed E-state index contributed by atoms with van der Waals surface area (Å²) >= 11 is 0. The van der Waals surface area contributed by atoms with Crippen LogP contribution in [0.25, 0.3) is 0 Å². The van der Waals surface area contributed by atoms with Crippen LogP contribution in [-0.2, 0) is 11.2 Å². The molecule has 1 aliphatic carbocycles. The van der Waals surface area contributed by atoms with Gasteiger partial charge in [-0.2, -0.15) is 0 Å². The number of aryl methyl sites for hydroxylation is 2. The number of hydrogen-bond donors (Lipinski definition) is 3. The van der Waals surface area contributed by atoms with Gasteiger partial charge in [0.25, 0.3) is 5.91 Å². The lowest BCUT2D eigenvalue weighted by molar-refractivity contribution is -0.124. The molecule has 0 saturated heterocycles. The molecule has 0 spiro atoms. The Hall–Kier alpha value is -2.53. The predicted octanol–water partition coefficient (Wildman–Crippen LogP) is 3.95. The van der Waals surface area contributed by atoms with E-state index in [2.05, 4.69) is 10.6 Å². The first-order valence-corrected chi connectivity index (χ1v) is 9.91. The maximum Gasteiger partial charge on any atom is 0.251 e. The van der Waals surface area contributed by atoms with E-state index in [4.69, 9.17) is 5.73 Å². The Balaban J connectivity index is 0.00000300. The van der Waals surface area contributed by atoms with Crippen molar-refractivity contribution in [1.82, 2.24) is 10.6 Å². The third-order valence-corrected chi connectivity index (χ3v) is 5.31. The molecule has 2 amide bonds. The Bertz CT molecular complexity index is 882. The molecule has 1 aliphatic rings. The maximum atomic E-state index is 13.0. The Kier molecular flexibility index (Phi) is 7.68. The second-order valence-corrected chi connectivity index (χ2v) is 7.98. The summed E-state index contributed by atoms with van der Waals surface area (Å²) in [6, 6.07) is 12.6. The quantitative estimate of drug-likeness (QED) is 0.646. The van der Waals surface area contributed by atoms with Gasteiger partial charge in [-0.15, -0.1) is 12.4 Å². The van der Waals surface area contributed by atoms with Gasteiger partial charge in [0.15, 0.2) is 0 Å². The van der Waals surface area contributed by atoms with Gasteiger partial charge in [-0.25, -0.2) is 0 Å². The van der Waals surface area contributed by atoms with Gasteiger partial charge in [-0.3, -0.25) is 9.59 Å². The summed E-state index contributed by atoms with van der Waals surface area (Å²) in [4.78, 5) is 25.7. The molecule has 0 fully saturated rings. The lowest BCUT2D eigenvalue weighted by atomic mass is 9.87. The van der Waals surface area contributed by atoms with Gasteiger partial charge in [0.1, 0.15) is 6.04 Å². The maximum absolute atomic E-state index is 13.0. The van der Waals surface area contributed by atoms with E-state index in [0.29, 0.717) is 5.56 Å². The first-order chi connectivity index (χ1) is 13.3. The SMILES string of the molecule is Cc1cccc(C(=O)NC(C(=O)NC2CCCc3cc(N)ccc32)C(C)C)c1.Cl. The van der Waals surface area contributed by atoms with E-state index in [1.807, 2.05) is 57.2 Å². The molecule has 3 rings (SSSR count).